The smallest absolute Gasteiger partial charge is 0.331 e. The first-order valence-corrected chi connectivity index (χ1v) is 14.6. The van der Waals surface area contributed by atoms with Crippen LogP contribution in [0, 0.1) is 34.5 Å². The second-order valence-corrected chi connectivity index (χ2v) is 13.1. The first-order chi connectivity index (χ1) is 18.4. The lowest BCUT2D eigenvalue weighted by Crippen LogP contribution is -2.73. The standard InChI is InChI=1S/C32H44O7/c1-19(33)24-15-17-32(37)25-12-11-22-18-23(35)14-16-30(22,3)27(25)28(29(31(24,32)4)38-20(2)34)39-26(36)13-10-21-8-6-5-7-9-21/h5-10,13,19,22-25,27-29,33,35,37H,11-12,14-18H2,1-4H3/b13-10+/t19?,22-,23-,24+,25+,27+,28-,29+,30-,31-,32-/m0/s1. The Morgan fingerprint density at radius 1 is 1.05 bits per heavy atom. The first-order valence-electron chi connectivity index (χ1n) is 14.6. The van der Waals surface area contributed by atoms with E-state index in [2.05, 4.69) is 6.92 Å². The highest BCUT2D eigenvalue weighted by molar-refractivity contribution is 5.87. The molecule has 1 aromatic rings. The van der Waals surface area contributed by atoms with Crippen LogP contribution in [0.15, 0.2) is 36.4 Å². The van der Waals surface area contributed by atoms with Gasteiger partial charge in [0, 0.05) is 24.3 Å². The minimum Gasteiger partial charge on any atom is -0.458 e. The Balaban J connectivity index is 1.60. The summed E-state index contributed by atoms with van der Waals surface area (Å²) in [5.74, 6) is -1.59. The average Bonchev–Trinajstić information content (AvgIpc) is 3.17. The third kappa shape index (κ3) is 4.54. The van der Waals surface area contributed by atoms with E-state index in [9.17, 15) is 24.9 Å². The molecule has 0 aliphatic heterocycles. The molecule has 1 unspecified atom stereocenters. The molecule has 0 radical (unpaired) electrons. The van der Waals surface area contributed by atoms with Crippen molar-refractivity contribution in [3.63, 3.8) is 0 Å². The van der Waals surface area contributed by atoms with Gasteiger partial charge < -0.3 is 24.8 Å². The number of rotatable bonds is 5. The van der Waals surface area contributed by atoms with Crippen LogP contribution in [-0.4, -0.2) is 57.3 Å². The van der Waals surface area contributed by atoms with Crippen LogP contribution < -0.4 is 0 Å². The van der Waals surface area contributed by atoms with E-state index in [1.165, 1.54) is 13.0 Å². The molecule has 0 aromatic heterocycles. The number of esters is 2. The minimum absolute atomic E-state index is 0.189. The summed E-state index contributed by atoms with van der Waals surface area (Å²) in [7, 11) is 0. The summed E-state index contributed by atoms with van der Waals surface area (Å²) in [5.41, 5.74) is -1.63. The number of benzene rings is 1. The molecule has 39 heavy (non-hydrogen) atoms. The Hall–Kier alpha value is -2.22. The van der Waals surface area contributed by atoms with Crippen LogP contribution in [0.1, 0.15) is 78.2 Å². The highest BCUT2D eigenvalue weighted by atomic mass is 16.6. The summed E-state index contributed by atoms with van der Waals surface area (Å²) in [6.45, 7) is 7.19. The molecule has 7 nitrogen and oxygen atoms in total. The van der Waals surface area contributed by atoms with Gasteiger partial charge in [-0.1, -0.05) is 44.2 Å². The number of ether oxygens (including phenoxy) is 2. The summed E-state index contributed by atoms with van der Waals surface area (Å²) in [6, 6.07) is 9.49. The van der Waals surface area contributed by atoms with Gasteiger partial charge in [-0.05, 0) is 86.7 Å². The van der Waals surface area contributed by atoms with E-state index >= 15 is 0 Å². The van der Waals surface area contributed by atoms with E-state index in [-0.39, 0.29) is 35.2 Å². The number of carbonyl (C=O) groups is 2. The minimum atomic E-state index is -1.19. The number of aliphatic hydroxyl groups is 3. The second-order valence-electron chi connectivity index (χ2n) is 13.1. The normalized spacial score (nSPS) is 44.1. The maximum atomic E-state index is 13.4. The van der Waals surface area contributed by atoms with Crippen molar-refractivity contribution < 1.29 is 34.4 Å². The van der Waals surface area contributed by atoms with Crippen LogP contribution >= 0.6 is 0 Å². The lowest BCUT2D eigenvalue weighted by atomic mass is 9.41. The molecule has 4 aliphatic carbocycles. The summed E-state index contributed by atoms with van der Waals surface area (Å²) < 4.78 is 12.4. The molecular formula is C32H44O7. The fourth-order valence-electron chi connectivity index (χ4n) is 9.43. The van der Waals surface area contributed by atoms with Gasteiger partial charge in [-0.15, -0.1) is 0 Å². The predicted octanol–water partition coefficient (Wildman–Crippen LogP) is 4.28. The third-order valence-electron chi connectivity index (χ3n) is 11.3. The zero-order chi connectivity index (χ0) is 28.2. The summed E-state index contributed by atoms with van der Waals surface area (Å²) in [6.07, 6.45) is 5.09. The Morgan fingerprint density at radius 3 is 2.44 bits per heavy atom. The Morgan fingerprint density at radius 2 is 1.77 bits per heavy atom. The molecule has 11 atom stereocenters. The van der Waals surface area contributed by atoms with Crippen molar-refractivity contribution in [3.05, 3.63) is 42.0 Å². The lowest BCUT2D eigenvalue weighted by Gasteiger charge is -2.66. The van der Waals surface area contributed by atoms with Gasteiger partial charge in [-0.25, -0.2) is 4.79 Å². The molecule has 3 N–H and O–H groups in total. The van der Waals surface area contributed by atoms with Crippen molar-refractivity contribution in [2.75, 3.05) is 0 Å². The monoisotopic (exact) mass is 540 g/mol. The molecule has 0 heterocycles. The second kappa shape index (κ2) is 10.3. The molecule has 4 fully saturated rings. The average molecular weight is 541 g/mol. The molecule has 0 spiro atoms. The van der Waals surface area contributed by atoms with E-state index < -0.39 is 41.3 Å². The fraction of sp³-hybridized carbons (Fsp3) is 0.688. The maximum Gasteiger partial charge on any atom is 0.331 e. The predicted molar refractivity (Wildman–Crippen MR) is 146 cm³/mol. The van der Waals surface area contributed by atoms with Gasteiger partial charge >= 0.3 is 11.9 Å². The quantitative estimate of drug-likeness (QED) is 0.377. The van der Waals surface area contributed by atoms with Gasteiger partial charge in [-0.2, -0.15) is 0 Å². The molecule has 5 rings (SSSR count). The first kappa shape index (κ1) is 28.3. The Kier molecular flexibility index (Phi) is 7.49. The Bertz CT molecular complexity index is 1100. The van der Waals surface area contributed by atoms with Gasteiger partial charge in [0.2, 0.25) is 0 Å². The van der Waals surface area contributed by atoms with Crippen LogP contribution in [0.2, 0.25) is 0 Å². The number of aliphatic hydroxyl groups excluding tert-OH is 2. The Labute approximate surface area is 231 Å². The molecular weight excluding hydrogens is 496 g/mol. The largest absolute Gasteiger partial charge is 0.458 e. The van der Waals surface area contributed by atoms with Gasteiger partial charge in [-0.3, -0.25) is 4.79 Å². The fourth-order valence-corrected chi connectivity index (χ4v) is 9.43. The van der Waals surface area contributed by atoms with Crippen LogP contribution in [0.25, 0.3) is 6.08 Å². The van der Waals surface area contributed by atoms with Gasteiger partial charge in [0.05, 0.1) is 17.8 Å². The molecule has 1 aromatic carbocycles. The molecule has 0 amide bonds. The number of carbonyl (C=O) groups excluding carboxylic acids is 2. The molecule has 214 valence electrons. The zero-order valence-electron chi connectivity index (χ0n) is 23.6. The lowest BCUT2D eigenvalue weighted by molar-refractivity contribution is -0.295. The summed E-state index contributed by atoms with van der Waals surface area (Å²) >= 11 is 0. The molecule has 4 aliphatic rings. The molecule has 4 saturated carbocycles. The van der Waals surface area contributed by atoms with Crippen molar-refractivity contribution >= 4 is 18.0 Å². The number of hydrogen-bond acceptors (Lipinski definition) is 7. The van der Waals surface area contributed by atoms with Crippen molar-refractivity contribution in [1.82, 2.24) is 0 Å². The third-order valence-corrected chi connectivity index (χ3v) is 11.3. The van der Waals surface area contributed by atoms with Crippen molar-refractivity contribution in [2.45, 2.75) is 103 Å². The van der Waals surface area contributed by atoms with Crippen LogP contribution in [0.3, 0.4) is 0 Å². The molecule has 0 bridgehead atoms. The summed E-state index contributed by atoms with van der Waals surface area (Å²) in [5, 5.41) is 34.0. The van der Waals surface area contributed by atoms with Gasteiger partial charge in [0.1, 0.15) is 12.2 Å². The van der Waals surface area contributed by atoms with Crippen LogP contribution in [-0.2, 0) is 19.1 Å². The number of fused-ring (bicyclic) bond motifs is 5. The molecule has 7 heteroatoms. The topological polar surface area (TPSA) is 113 Å². The highest BCUT2D eigenvalue weighted by Crippen LogP contribution is 2.70. The summed E-state index contributed by atoms with van der Waals surface area (Å²) in [4.78, 5) is 26.0. The highest BCUT2D eigenvalue weighted by Gasteiger charge is 2.75. The van der Waals surface area contributed by atoms with E-state index in [4.69, 9.17) is 9.47 Å². The number of hydrogen-bond donors (Lipinski definition) is 3. The van der Waals surface area contributed by atoms with E-state index in [0.717, 1.165) is 24.8 Å². The van der Waals surface area contributed by atoms with Crippen molar-refractivity contribution in [3.8, 4) is 0 Å². The van der Waals surface area contributed by atoms with Gasteiger partial charge in [0.15, 0.2) is 0 Å². The van der Waals surface area contributed by atoms with Gasteiger partial charge in [0.25, 0.3) is 0 Å². The van der Waals surface area contributed by atoms with Crippen LogP contribution in [0.4, 0.5) is 0 Å². The van der Waals surface area contributed by atoms with E-state index in [1.807, 2.05) is 37.3 Å². The maximum absolute atomic E-state index is 13.4. The van der Waals surface area contributed by atoms with Crippen molar-refractivity contribution in [2.24, 2.45) is 34.5 Å². The SMILES string of the molecule is CC(=O)O[C@@H]1[C@@H](OC(=O)/C=C/c2ccccc2)[C@H]2[C@@H](CC[C@H]3C[C@@H](O)CC[C@@]32C)[C@@]2(O)CC[C@H](C(C)O)[C@@]12C. The molecule has 0 saturated heterocycles. The van der Waals surface area contributed by atoms with E-state index in [1.54, 1.807) is 13.0 Å². The van der Waals surface area contributed by atoms with E-state index in [0.29, 0.717) is 25.7 Å². The zero-order valence-corrected chi connectivity index (χ0v) is 23.6. The van der Waals surface area contributed by atoms with Crippen molar-refractivity contribution in [1.29, 1.82) is 0 Å². The van der Waals surface area contributed by atoms with Crippen LogP contribution in [0.5, 0.6) is 0 Å².